The molecule has 248 valence electrons. The number of anilines is 1. The van der Waals surface area contributed by atoms with E-state index in [2.05, 4.69) is 29.9 Å². The Bertz CT molecular complexity index is 1970. The smallest absolute Gasteiger partial charge is 0.325 e. The number of halogens is 1. The number of H-pyrrole nitrogens is 1. The summed E-state index contributed by atoms with van der Waals surface area (Å²) in [6, 6.07) is 0. The second-order valence-electron chi connectivity index (χ2n) is 10.4. The van der Waals surface area contributed by atoms with E-state index in [1.54, 1.807) is 6.92 Å². The molecule has 9 unspecified atom stereocenters. The molecular formula is C22H28BFN9O10P2S-. The lowest BCUT2D eigenvalue weighted by molar-refractivity contribution is -0.0586. The Morgan fingerprint density at radius 3 is 2.52 bits per heavy atom. The molecule has 0 radical (unpaired) electrons. The van der Waals surface area contributed by atoms with Crippen LogP contribution in [-0.2, 0) is 43.9 Å². The second-order valence-corrected chi connectivity index (χ2v) is 14.1. The number of imidazole rings is 2. The number of alkyl halides is 1. The third kappa shape index (κ3) is 5.60. The number of aromatic nitrogens is 8. The summed E-state index contributed by atoms with van der Waals surface area (Å²) < 4.78 is 68.0. The topological polar surface area (TPSA) is 246 Å². The molecule has 19 nitrogen and oxygen atoms in total. The Kier molecular flexibility index (Phi) is 8.13. The third-order valence-electron chi connectivity index (χ3n) is 7.67. The molecule has 24 heteroatoms. The number of aliphatic hydroxyl groups is 1. The van der Waals surface area contributed by atoms with Crippen LogP contribution in [0.2, 0.25) is 0 Å². The number of rotatable bonds is 3. The molecule has 10 atom stereocenters. The molecule has 3 aliphatic heterocycles. The van der Waals surface area contributed by atoms with Crippen molar-refractivity contribution in [3.63, 3.8) is 0 Å². The van der Waals surface area contributed by atoms with Crippen molar-refractivity contribution in [2.75, 3.05) is 25.6 Å². The largest absolute Gasteiger partial charge is 0.396 e. The van der Waals surface area contributed by atoms with Gasteiger partial charge in [0.1, 0.15) is 43.5 Å². The maximum absolute atomic E-state index is 16.1. The van der Waals surface area contributed by atoms with E-state index in [0.717, 1.165) is 0 Å². The first-order valence-electron chi connectivity index (χ1n) is 13.4. The molecule has 0 aromatic carbocycles. The number of ether oxygens (including phenoxy) is 2. The van der Waals surface area contributed by atoms with Gasteiger partial charge in [-0.2, -0.15) is 0 Å². The molecule has 46 heavy (non-hydrogen) atoms. The average Bonchev–Trinajstić information content (AvgIpc) is 3.75. The van der Waals surface area contributed by atoms with Gasteiger partial charge in [-0.05, 0) is 18.7 Å². The minimum atomic E-state index is -4.18. The Balaban J connectivity index is 1.22. The number of hydrogen-bond acceptors (Lipinski definition) is 16. The van der Waals surface area contributed by atoms with Gasteiger partial charge in [0, 0.05) is 5.92 Å². The van der Waals surface area contributed by atoms with Gasteiger partial charge in [-0.3, -0.25) is 13.9 Å². The normalized spacial score (nSPS) is 37.2. The fourth-order valence-corrected chi connectivity index (χ4v) is 7.82. The van der Waals surface area contributed by atoms with Crippen LogP contribution in [0.25, 0.3) is 22.3 Å². The van der Waals surface area contributed by atoms with Crippen LogP contribution in [0, 0.1) is 12.8 Å². The number of aryl methyl sites for hydroxylation is 1. The quantitative estimate of drug-likeness (QED) is 0.149. The summed E-state index contributed by atoms with van der Waals surface area (Å²) >= 11 is 5.34. The fourth-order valence-electron chi connectivity index (χ4n) is 5.59. The van der Waals surface area contributed by atoms with E-state index in [4.69, 9.17) is 45.1 Å². The number of hydrogen-bond donors (Lipinski definition) is 4. The summed E-state index contributed by atoms with van der Waals surface area (Å²) in [6.45, 7) is -4.00. The summed E-state index contributed by atoms with van der Waals surface area (Å²) in [5.41, 5.74) is 5.98. The number of nitrogens with two attached hydrogens (primary N) is 1. The number of nitrogens with zero attached hydrogens (tertiary/aromatic N) is 7. The van der Waals surface area contributed by atoms with E-state index in [0.29, 0.717) is 5.82 Å². The van der Waals surface area contributed by atoms with Crippen molar-refractivity contribution >= 4 is 61.7 Å². The van der Waals surface area contributed by atoms with Crippen LogP contribution < -0.4 is 11.3 Å². The molecular weight excluding hydrogens is 674 g/mol. The number of aromatic amines is 1. The maximum atomic E-state index is 16.1. The molecule has 7 rings (SSSR count). The van der Waals surface area contributed by atoms with Crippen LogP contribution in [-0.4, -0.2) is 107 Å². The van der Waals surface area contributed by atoms with E-state index in [-0.39, 0.29) is 34.8 Å². The summed E-state index contributed by atoms with van der Waals surface area (Å²) in [7, 11) is -5.04. The van der Waals surface area contributed by atoms with E-state index >= 15 is 4.39 Å². The average molecular weight is 702 g/mol. The predicted molar refractivity (Wildman–Crippen MR) is 162 cm³/mol. The van der Waals surface area contributed by atoms with Crippen molar-refractivity contribution in [3.05, 3.63) is 35.2 Å². The van der Waals surface area contributed by atoms with Gasteiger partial charge in [-0.25, -0.2) is 29.3 Å². The van der Waals surface area contributed by atoms with Crippen LogP contribution in [0.4, 0.5) is 10.2 Å². The monoisotopic (exact) mass is 702 g/mol. The zero-order chi connectivity index (χ0) is 32.5. The SMILES string of the molecule is [BH3-][P@@]1(=O)OCC2OC(n3cnc4c(=O)[nH]c(C)nc43)C(OP(O)(=S)OCC3OC(n4cnc5c(N)ncnc54)C(F)C3O1)C2CO. The zero-order valence-corrected chi connectivity index (χ0v) is 25.6. The van der Waals surface area contributed by atoms with E-state index in [1.807, 2.05) is 0 Å². The van der Waals surface area contributed by atoms with E-state index in [1.165, 1.54) is 28.1 Å². The molecule has 0 aliphatic carbocycles. The van der Waals surface area contributed by atoms with Crippen LogP contribution in [0.5, 0.6) is 0 Å². The van der Waals surface area contributed by atoms with E-state index < -0.39 is 89.5 Å². The summed E-state index contributed by atoms with van der Waals surface area (Å²) in [4.78, 5) is 47.0. The Labute approximate surface area is 263 Å². The van der Waals surface area contributed by atoms with Crippen LogP contribution in [0.1, 0.15) is 18.3 Å². The van der Waals surface area contributed by atoms with Gasteiger partial charge in [0.25, 0.3) is 5.56 Å². The van der Waals surface area contributed by atoms with Gasteiger partial charge in [0.15, 0.2) is 41.3 Å². The van der Waals surface area contributed by atoms with Gasteiger partial charge >= 0.3 is 6.72 Å². The van der Waals surface area contributed by atoms with Crippen molar-refractivity contribution in [3.8, 4) is 0 Å². The molecule has 0 saturated carbocycles. The van der Waals surface area contributed by atoms with Crippen molar-refractivity contribution in [1.82, 2.24) is 39.0 Å². The Hall–Kier alpha value is -2.75. The second kappa shape index (κ2) is 11.7. The van der Waals surface area contributed by atoms with Gasteiger partial charge in [0.2, 0.25) is 0 Å². The minimum absolute atomic E-state index is 0.0177. The zero-order valence-electron chi connectivity index (χ0n) is 23.0. The standard InChI is InChI=1S/C22H28BFN9O10P2S/c1-8-30-19-14(20(35)31-8)29-7-33(19)22-15-9(2-34)10(40-22)3-38-44(23,36)42-16-11(4-39-45(37,46)43-15)41-21(12(16)24)32-6-28-13-17(25)26-5-27-18(13)32/h5-7,9-12,15-16,21-22,34H,2-4H2,1,23H3,(H,37,46)(H2,25,26,27)(H,30,31,35)/q-1/t9?,10?,11?,12?,15?,16?,21?,22?,44-,45?/m1/s1. The molecule has 4 aromatic rings. The fraction of sp³-hybridized carbons (Fsp3) is 0.545. The number of aliphatic hydroxyl groups excluding tert-OH is 1. The molecule has 3 saturated heterocycles. The predicted octanol–water partition coefficient (Wildman–Crippen LogP) is -0.901. The van der Waals surface area contributed by atoms with Crippen molar-refractivity contribution in [1.29, 1.82) is 0 Å². The van der Waals surface area contributed by atoms with Gasteiger partial charge < -0.3 is 52.9 Å². The Morgan fingerprint density at radius 2 is 1.76 bits per heavy atom. The summed E-state index contributed by atoms with van der Waals surface area (Å²) in [5, 5.41) is 10.4. The van der Waals surface area contributed by atoms with Crippen LogP contribution >= 0.6 is 14.2 Å². The van der Waals surface area contributed by atoms with Crippen LogP contribution in [0.3, 0.4) is 0 Å². The minimum Gasteiger partial charge on any atom is -0.396 e. The van der Waals surface area contributed by atoms with Gasteiger partial charge in [-0.1, -0.05) is 0 Å². The maximum Gasteiger partial charge on any atom is 0.325 e. The first kappa shape index (κ1) is 31.8. The highest BCUT2D eigenvalue weighted by molar-refractivity contribution is 8.07. The summed E-state index contributed by atoms with van der Waals surface area (Å²) in [5.74, 6) is -0.501. The van der Waals surface area contributed by atoms with Gasteiger partial charge in [0.05, 0.1) is 46.1 Å². The van der Waals surface area contributed by atoms with E-state index in [9.17, 15) is 19.4 Å². The molecule has 0 spiro atoms. The lowest BCUT2D eigenvalue weighted by atomic mass is 9.99. The van der Waals surface area contributed by atoms with Crippen molar-refractivity contribution in [2.24, 2.45) is 5.92 Å². The van der Waals surface area contributed by atoms with Gasteiger partial charge in [-0.15, -0.1) is 0 Å². The lowest BCUT2D eigenvalue weighted by Crippen LogP contribution is -2.34. The highest BCUT2D eigenvalue weighted by Crippen LogP contribution is 2.55. The van der Waals surface area contributed by atoms with Crippen molar-refractivity contribution < 1.29 is 46.5 Å². The number of nitrogens with one attached hydrogen (secondary N) is 1. The molecule has 0 amide bonds. The van der Waals surface area contributed by atoms with Crippen LogP contribution in [0.15, 0.2) is 23.8 Å². The number of nitrogen functional groups attached to an aromatic ring is 1. The molecule has 4 aromatic heterocycles. The molecule has 7 heterocycles. The first-order chi connectivity index (χ1) is 21.9. The molecule has 2 bridgehead atoms. The van der Waals surface area contributed by atoms with Crippen molar-refractivity contribution in [2.45, 2.75) is 50.0 Å². The molecule has 5 N–H and O–H groups in total. The Morgan fingerprint density at radius 1 is 1.07 bits per heavy atom. The molecule has 3 fully saturated rings. The number of fused-ring (bicyclic) bond motifs is 5. The summed E-state index contributed by atoms with van der Waals surface area (Å²) in [6.07, 6.45) is -5.49. The highest BCUT2D eigenvalue weighted by atomic mass is 32.5. The first-order valence-corrected chi connectivity index (χ1v) is 17.1. The highest BCUT2D eigenvalue weighted by Gasteiger charge is 2.52. The lowest BCUT2D eigenvalue weighted by Gasteiger charge is -2.29. The third-order valence-corrected chi connectivity index (χ3v) is 10.0. The molecule has 3 aliphatic rings.